The maximum absolute atomic E-state index is 12.0. The Hall–Kier alpha value is -1.06. The SMILES string of the molecule is C[Si](C)(C)OC(=O)CCc1ccc(O[Si](C)(C)C)c(O[Si](C)(C)C)c1. The molecule has 0 bridgehead atoms. The minimum absolute atomic E-state index is 0.116. The second kappa shape index (κ2) is 8.09. The van der Waals surface area contributed by atoms with E-state index in [1.807, 2.05) is 37.8 Å². The predicted octanol–water partition coefficient (Wildman–Crippen LogP) is 5.42. The molecule has 0 atom stereocenters. The van der Waals surface area contributed by atoms with E-state index in [4.69, 9.17) is 13.3 Å². The van der Waals surface area contributed by atoms with Gasteiger partial charge in [0.05, 0.1) is 0 Å². The minimum atomic E-state index is -1.82. The zero-order chi connectivity index (χ0) is 19.5. The van der Waals surface area contributed by atoms with Crippen molar-refractivity contribution in [3.63, 3.8) is 0 Å². The summed E-state index contributed by atoms with van der Waals surface area (Å²) < 4.78 is 17.9. The van der Waals surface area contributed by atoms with Crippen molar-refractivity contribution in [2.24, 2.45) is 0 Å². The Morgan fingerprint density at radius 2 is 1.32 bits per heavy atom. The molecule has 1 aromatic carbocycles. The summed E-state index contributed by atoms with van der Waals surface area (Å²) in [6, 6.07) is 6.02. The van der Waals surface area contributed by atoms with E-state index in [2.05, 4.69) is 39.3 Å². The average molecular weight is 399 g/mol. The number of carbonyl (C=O) groups is 1. The lowest BCUT2D eigenvalue weighted by atomic mass is 10.1. The minimum Gasteiger partial charge on any atom is -0.542 e. The van der Waals surface area contributed by atoms with Gasteiger partial charge in [-0.15, -0.1) is 0 Å². The van der Waals surface area contributed by atoms with Gasteiger partial charge in [0, 0.05) is 6.42 Å². The lowest BCUT2D eigenvalue weighted by molar-refractivity contribution is -0.135. The van der Waals surface area contributed by atoms with Crippen LogP contribution in [-0.4, -0.2) is 30.9 Å². The molecule has 0 fully saturated rings. The van der Waals surface area contributed by atoms with Crippen LogP contribution in [0.2, 0.25) is 58.9 Å². The summed E-state index contributed by atoms with van der Waals surface area (Å²) in [5.41, 5.74) is 1.07. The third-order valence-electron chi connectivity index (χ3n) is 2.88. The van der Waals surface area contributed by atoms with Crippen molar-refractivity contribution in [1.29, 1.82) is 0 Å². The summed E-state index contributed by atoms with van der Waals surface area (Å²) >= 11 is 0. The molecule has 0 saturated carbocycles. The summed E-state index contributed by atoms with van der Waals surface area (Å²) in [7, 11) is -5.30. The molecule has 0 spiro atoms. The molecule has 4 nitrogen and oxygen atoms in total. The number of carbonyl (C=O) groups excluding carboxylic acids is 1. The molecule has 1 aromatic rings. The molecule has 0 radical (unpaired) electrons. The number of rotatable bonds is 8. The number of aryl methyl sites for hydroxylation is 1. The second-order valence-electron chi connectivity index (χ2n) is 9.30. The van der Waals surface area contributed by atoms with Crippen molar-refractivity contribution in [1.82, 2.24) is 0 Å². The molecule has 25 heavy (non-hydrogen) atoms. The van der Waals surface area contributed by atoms with E-state index < -0.39 is 25.0 Å². The van der Waals surface area contributed by atoms with Gasteiger partial charge in [-0.2, -0.15) is 0 Å². The van der Waals surface area contributed by atoms with Gasteiger partial charge in [0.2, 0.25) is 25.0 Å². The molecule has 0 aromatic heterocycles. The van der Waals surface area contributed by atoms with E-state index in [9.17, 15) is 4.79 Å². The van der Waals surface area contributed by atoms with E-state index >= 15 is 0 Å². The third kappa shape index (κ3) is 9.86. The predicted molar refractivity (Wildman–Crippen MR) is 112 cm³/mol. The highest BCUT2D eigenvalue weighted by molar-refractivity contribution is 6.71. The van der Waals surface area contributed by atoms with Gasteiger partial charge < -0.3 is 13.3 Å². The molecule has 1 rings (SSSR count). The van der Waals surface area contributed by atoms with Gasteiger partial charge >= 0.3 is 0 Å². The van der Waals surface area contributed by atoms with Gasteiger partial charge in [-0.25, -0.2) is 0 Å². The molecule has 0 unspecified atom stereocenters. The zero-order valence-electron chi connectivity index (χ0n) is 17.3. The van der Waals surface area contributed by atoms with E-state index in [-0.39, 0.29) is 5.97 Å². The summed E-state index contributed by atoms with van der Waals surface area (Å²) in [6.07, 6.45) is 1.05. The monoisotopic (exact) mass is 398 g/mol. The zero-order valence-corrected chi connectivity index (χ0v) is 20.3. The topological polar surface area (TPSA) is 44.8 Å². The molecule has 142 valence electrons. The molecule has 0 N–H and O–H groups in total. The normalized spacial score (nSPS) is 12.7. The number of benzene rings is 1. The van der Waals surface area contributed by atoms with Crippen LogP contribution in [0.5, 0.6) is 11.5 Å². The van der Waals surface area contributed by atoms with Crippen molar-refractivity contribution in [2.45, 2.75) is 71.8 Å². The van der Waals surface area contributed by atoms with Gasteiger partial charge in [0.25, 0.3) is 5.97 Å². The van der Waals surface area contributed by atoms with Crippen molar-refractivity contribution < 1.29 is 18.1 Å². The highest BCUT2D eigenvalue weighted by atomic mass is 28.4. The van der Waals surface area contributed by atoms with Gasteiger partial charge in [-0.3, -0.25) is 4.79 Å². The Bertz CT molecular complexity index is 596. The van der Waals surface area contributed by atoms with Crippen LogP contribution in [0, 0.1) is 0 Å². The first-order valence-corrected chi connectivity index (χ1v) is 19.1. The molecule has 0 aliphatic heterocycles. The Kier molecular flexibility index (Phi) is 7.12. The first-order valence-electron chi connectivity index (χ1n) is 8.87. The number of hydrogen-bond donors (Lipinski definition) is 0. The van der Waals surface area contributed by atoms with E-state index in [0.717, 1.165) is 17.1 Å². The highest BCUT2D eigenvalue weighted by Crippen LogP contribution is 2.33. The molecular formula is C18H34O4Si3. The third-order valence-corrected chi connectivity index (χ3v) is 5.38. The van der Waals surface area contributed by atoms with Gasteiger partial charge in [-0.05, 0) is 83.0 Å². The largest absolute Gasteiger partial charge is 0.542 e. The molecule has 0 saturated heterocycles. The molecule has 0 amide bonds. The molecule has 0 aliphatic rings. The van der Waals surface area contributed by atoms with Crippen LogP contribution in [0.3, 0.4) is 0 Å². The highest BCUT2D eigenvalue weighted by Gasteiger charge is 2.24. The fourth-order valence-electron chi connectivity index (χ4n) is 2.17. The van der Waals surface area contributed by atoms with Crippen LogP contribution in [-0.2, 0) is 15.6 Å². The fraction of sp³-hybridized carbons (Fsp3) is 0.611. The van der Waals surface area contributed by atoms with Crippen LogP contribution < -0.4 is 8.85 Å². The lowest BCUT2D eigenvalue weighted by Gasteiger charge is -2.26. The Morgan fingerprint density at radius 1 is 0.800 bits per heavy atom. The van der Waals surface area contributed by atoms with Gasteiger partial charge in [-0.1, -0.05) is 6.07 Å². The Balaban J connectivity index is 2.92. The first kappa shape index (κ1) is 22.0. The lowest BCUT2D eigenvalue weighted by Crippen LogP contribution is -2.32. The fourth-order valence-corrected chi connectivity index (χ4v) is 4.60. The van der Waals surface area contributed by atoms with Crippen molar-refractivity contribution in [3.8, 4) is 11.5 Å². The molecule has 0 heterocycles. The van der Waals surface area contributed by atoms with E-state index in [0.29, 0.717) is 12.8 Å². The molecule has 7 heteroatoms. The standard InChI is InChI=1S/C18H34O4Si3/c1-23(2,3)20-16-12-10-15(14-17(16)21-24(4,5)6)11-13-18(19)22-25(7,8)9/h10,12,14H,11,13H2,1-9H3. The summed E-state index contributed by atoms with van der Waals surface area (Å²) in [6.45, 7) is 19.0. The molecular weight excluding hydrogens is 364 g/mol. The van der Waals surface area contributed by atoms with Crippen LogP contribution in [0.15, 0.2) is 18.2 Å². The maximum atomic E-state index is 12.0. The average Bonchev–Trinajstić information content (AvgIpc) is 2.33. The quantitative estimate of drug-likeness (QED) is 0.548. The van der Waals surface area contributed by atoms with Crippen LogP contribution in [0.1, 0.15) is 12.0 Å². The Labute approximate surface area is 156 Å². The van der Waals surface area contributed by atoms with E-state index in [1.165, 1.54) is 0 Å². The summed E-state index contributed by atoms with van der Waals surface area (Å²) in [4.78, 5) is 12.0. The van der Waals surface area contributed by atoms with Crippen LogP contribution in [0.25, 0.3) is 0 Å². The van der Waals surface area contributed by atoms with Gasteiger partial charge in [0.1, 0.15) is 11.5 Å². The van der Waals surface area contributed by atoms with Gasteiger partial charge in [0.15, 0.2) is 0 Å². The molecule has 0 aliphatic carbocycles. The van der Waals surface area contributed by atoms with E-state index in [1.54, 1.807) is 0 Å². The Morgan fingerprint density at radius 3 is 1.80 bits per heavy atom. The van der Waals surface area contributed by atoms with Crippen LogP contribution >= 0.6 is 0 Å². The number of hydrogen-bond acceptors (Lipinski definition) is 4. The summed E-state index contributed by atoms with van der Waals surface area (Å²) in [5, 5.41) is 0. The van der Waals surface area contributed by atoms with Crippen molar-refractivity contribution in [2.75, 3.05) is 0 Å². The van der Waals surface area contributed by atoms with Crippen molar-refractivity contribution in [3.05, 3.63) is 23.8 Å². The van der Waals surface area contributed by atoms with Crippen molar-refractivity contribution >= 4 is 30.9 Å². The maximum Gasteiger partial charge on any atom is 0.292 e. The second-order valence-corrected chi connectivity index (χ2v) is 22.6. The summed E-state index contributed by atoms with van der Waals surface area (Å²) in [5.74, 6) is 1.50. The van der Waals surface area contributed by atoms with Crippen LogP contribution in [0.4, 0.5) is 0 Å². The smallest absolute Gasteiger partial charge is 0.292 e. The first-order chi connectivity index (χ1) is 11.1.